The minimum Gasteiger partial charge on any atom is -0.356 e. The van der Waals surface area contributed by atoms with E-state index in [0.29, 0.717) is 53.6 Å². The predicted octanol–water partition coefficient (Wildman–Crippen LogP) is 6.32. The molecule has 4 aromatic rings. The third kappa shape index (κ3) is 6.69. The molecule has 3 aromatic carbocycles. The summed E-state index contributed by atoms with van der Waals surface area (Å²) in [4.78, 5) is 39.3. The molecule has 0 saturated heterocycles. The monoisotopic (exact) mass is 583 g/mol. The van der Waals surface area contributed by atoms with Crippen LogP contribution in [0.4, 0.5) is 8.78 Å². The highest BCUT2D eigenvalue weighted by Gasteiger charge is 2.24. The molecule has 2 aliphatic carbocycles. The van der Waals surface area contributed by atoms with Gasteiger partial charge in [0.2, 0.25) is 5.91 Å². The van der Waals surface area contributed by atoms with E-state index < -0.39 is 5.82 Å². The van der Waals surface area contributed by atoms with Crippen molar-refractivity contribution in [2.24, 2.45) is 5.92 Å². The van der Waals surface area contributed by atoms with Gasteiger partial charge in [-0.05, 0) is 134 Å². The molecular formula is C35H35F2N3O3. The Morgan fingerprint density at radius 2 is 1.67 bits per heavy atom. The molecule has 1 atom stereocenters. The summed E-state index contributed by atoms with van der Waals surface area (Å²) in [6, 6.07) is 17.2. The van der Waals surface area contributed by atoms with Gasteiger partial charge in [0.25, 0.3) is 11.5 Å². The molecule has 222 valence electrons. The minimum absolute atomic E-state index is 0.0442. The van der Waals surface area contributed by atoms with Gasteiger partial charge in [-0.2, -0.15) is 0 Å². The number of hydrogen-bond acceptors (Lipinski definition) is 3. The average molecular weight is 584 g/mol. The van der Waals surface area contributed by atoms with Crippen LogP contribution in [0.3, 0.4) is 0 Å². The van der Waals surface area contributed by atoms with E-state index in [0.717, 1.165) is 42.6 Å². The van der Waals surface area contributed by atoms with Crippen molar-refractivity contribution in [2.75, 3.05) is 6.54 Å². The molecule has 0 bridgehead atoms. The summed E-state index contributed by atoms with van der Waals surface area (Å²) in [5.74, 6) is -0.258. The maximum absolute atomic E-state index is 13.8. The van der Waals surface area contributed by atoms with Crippen LogP contribution in [0.25, 0.3) is 16.5 Å². The highest BCUT2D eigenvalue weighted by Crippen LogP contribution is 2.31. The van der Waals surface area contributed by atoms with Crippen molar-refractivity contribution in [2.45, 2.75) is 63.8 Å². The van der Waals surface area contributed by atoms with Crippen LogP contribution < -0.4 is 16.2 Å². The zero-order valence-electron chi connectivity index (χ0n) is 24.0. The van der Waals surface area contributed by atoms with Gasteiger partial charge in [0.15, 0.2) is 0 Å². The average Bonchev–Trinajstić information content (AvgIpc) is 3.83. The van der Waals surface area contributed by atoms with Crippen LogP contribution in [-0.2, 0) is 17.6 Å². The van der Waals surface area contributed by atoms with E-state index in [2.05, 4.69) is 10.6 Å². The van der Waals surface area contributed by atoms with Gasteiger partial charge in [0.05, 0.1) is 6.04 Å². The minimum atomic E-state index is -0.391. The number of benzene rings is 3. The lowest BCUT2D eigenvalue weighted by Gasteiger charge is -2.26. The Balaban J connectivity index is 1.24. The van der Waals surface area contributed by atoms with Crippen molar-refractivity contribution in [3.05, 3.63) is 111 Å². The summed E-state index contributed by atoms with van der Waals surface area (Å²) in [6.07, 6.45) is 7.07. The number of nitrogens with zero attached hydrogens (tertiary/aromatic N) is 1. The number of amides is 2. The first-order chi connectivity index (χ1) is 20.9. The van der Waals surface area contributed by atoms with Gasteiger partial charge in [0, 0.05) is 35.3 Å². The van der Waals surface area contributed by atoms with Gasteiger partial charge in [-0.15, -0.1) is 0 Å². The fourth-order valence-corrected chi connectivity index (χ4v) is 6.00. The third-order valence-corrected chi connectivity index (χ3v) is 8.54. The molecule has 0 unspecified atom stereocenters. The van der Waals surface area contributed by atoms with Crippen LogP contribution in [0.1, 0.15) is 78.2 Å². The summed E-state index contributed by atoms with van der Waals surface area (Å²) in [6.45, 7) is 0.745. The van der Waals surface area contributed by atoms with Crippen LogP contribution >= 0.6 is 0 Å². The maximum Gasteiger partial charge on any atom is 0.263 e. The number of carbonyl (C=O) groups excluding carboxylic acids is 2. The lowest BCUT2D eigenvalue weighted by Crippen LogP contribution is -2.31. The Hall–Kier alpha value is -4.33. The Kier molecular flexibility index (Phi) is 8.36. The van der Waals surface area contributed by atoms with Gasteiger partial charge < -0.3 is 10.6 Å². The largest absolute Gasteiger partial charge is 0.356 e. The van der Waals surface area contributed by atoms with Gasteiger partial charge in [-0.3, -0.25) is 19.0 Å². The van der Waals surface area contributed by atoms with E-state index in [9.17, 15) is 23.2 Å². The molecule has 1 aromatic heterocycles. The van der Waals surface area contributed by atoms with Crippen molar-refractivity contribution in [1.29, 1.82) is 0 Å². The van der Waals surface area contributed by atoms with E-state index in [1.807, 2.05) is 6.07 Å². The standard InChI is InChI=1S/C35H35F2N3O3/c36-26-11-14-28(15-12-26)40-29(5-1-2-7-33(41)38-21-22-8-9-22)20-25-18-24(10-16-31(25)35(40)43)34(42)39-32-6-3-4-23-19-27(37)13-17-30(23)32/h10-20,22,32H,1-9,21H2,(H,38,41)(H,39,42)/t32-/m1/s1. The zero-order valence-corrected chi connectivity index (χ0v) is 24.0. The SMILES string of the molecule is O=C(CCCCc1cc2cc(C(=O)N[C@@H]3CCCc4cc(F)ccc43)ccc2c(=O)n1-c1ccc(F)cc1)NCC1CC1. The molecule has 2 amide bonds. The molecule has 6 rings (SSSR count). The molecule has 0 aliphatic heterocycles. The van der Waals surface area contributed by atoms with Crippen LogP contribution in [0.2, 0.25) is 0 Å². The molecule has 2 aliphatic rings. The first kappa shape index (κ1) is 28.8. The van der Waals surface area contributed by atoms with Crippen LogP contribution in [-0.4, -0.2) is 22.9 Å². The number of rotatable bonds is 10. The van der Waals surface area contributed by atoms with E-state index in [1.54, 1.807) is 41.0 Å². The number of pyridine rings is 1. The molecular weight excluding hydrogens is 548 g/mol. The van der Waals surface area contributed by atoms with Crippen molar-refractivity contribution in [3.8, 4) is 5.69 Å². The fourth-order valence-electron chi connectivity index (χ4n) is 6.00. The number of hydrogen-bond donors (Lipinski definition) is 2. The second kappa shape index (κ2) is 12.5. The second-order valence-electron chi connectivity index (χ2n) is 11.8. The fraction of sp³-hybridized carbons (Fsp3) is 0.343. The molecule has 0 radical (unpaired) electrons. The summed E-state index contributed by atoms with van der Waals surface area (Å²) < 4.78 is 29.1. The summed E-state index contributed by atoms with van der Waals surface area (Å²) >= 11 is 0. The molecule has 2 N–H and O–H groups in total. The van der Waals surface area contributed by atoms with Crippen LogP contribution in [0.5, 0.6) is 0 Å². The van der Waals surface area contributed by atoms with E-state index in [-0.39, 0.29) is 29.2 Å². The molecule has 0 spiro atoms. The highest BCUT2D eigenvalue weighted by atomic mass is 19.1. The highest BCUT2D eigenvalue weighted by molar-refractivity contribution is 5.98. The number of aryl methyl sites for hydroxylation is 2. The number of nitrogens with one attached hydrogen (secondary N) is 2. The molecule has 6 nitrogen and oxygen atoms in total. The Morgan fingerprint density at radius 1 is 0.884 bits per heavy atom. The molecule has 1 saturated carbocycles. The zero-order chi connectivity index (χ0) is 29.9. The Morgan fingerprint density at radius 3 is 2.47 bits per heavy atom. The Labute approximate surface area is 249 Å². The summed E-state index contributed by atoms with van der Waals surface area (Å²) in [5.41, 5.74) is 3.31. The van der Waals surface area contributed by atoms with Crippen LogP contribution in [0, 0.1) is 17.6 Å². The normalized spacial score (nSPS) is 16.1. The summed E-state index contributed by atoms with van der Waals surface area (Å²) in [5, 5.41) is 7.18. The second-order valence-corrected chi connectivity index (χ2v) is 11.8. The van der Waals surface area contributed by atoms with E-state index in [4.69, 9.17) is 0 Å². The third-order valence-electron chi connectivity index (χ3n) is 8.54. The van der Waals surface area contributed by atoms with Gasteiger partial charge in [-0.1, -0.05) is 6.07 Å². The number of carbonyl (C=O) groups is 2. The lowest BCUT2D eigenvalue weighted by molar-refractivity contribution is -0.121. The van der Waals surface area contributed by atoms with Gasteiger partial charge in [-0.25, -0.2) is 8.78 Å². The first-order valence-electron chi connectivity index (χ1n) is 15.2. The van der Waals surface area contributed by atoms with Gasteiger partial charge >= 0.3 is 0 Å². The number of fused-ring (bicyclic) bond motifs is 2. The molecule has 8 heteroatoms. The number of unbranched alkanes of at least 4 members (excludes halogenated alkanes) is 1. The maximum atomic E-state index is 13.8. The van der Waals surface area contributed by atoms with Crippen molar-refractivity contribution in [1.82, 2.24) is 15.2 Å². The molecule has 43 heavy (non-hydrogen) atoms. The van der Waals surface area contributed by atoms with E-state index in [1.165, 1.54) is 37.1 Å². The first-order valence-corrected chi connectivity index (χ1v) is 15.2. The lowest BCUT2D eigenvalue weighted by atomic mass is 9.87. The topological polar surface area (TPSA) is 80.2 Å². The molecule has 1 heterocycles. The van der Waals surface area contributed by atoms with Crippen molar-refractivity contribution in [3.63, 3.8) is 0 Å². The number of halogens is 2. The smallest absolute Gasteiger partial charge is 0.263 e. The predicted molar refractivity (Wildman–Crippen MR) is 162 cm³/mol. The van der Waals surface area contributed by atoms with Gasteiger partial charge in [0.1, 0.15) is 11.6 Å². The van der Waals surface area contributed by atoms with Crippen LogP contribution in [0.15, 0.2) is 71.5 Å². The Bertz CT molecular complexity index is 1730. The van der Waals surface area contributed by atoms with E-state index >= 15 is 0 Å². The van der Waals surface area contributed by atoms with Crippen molar-refractivity contribution >= 4 is 22.6 Å². The summed E-state index contributed by atoms with van der Waals surface area (Å²) in [7, 11) is 0. The number of aromatic nitrogens is 1. The molecule has 1 fully saturated rings. The quantitative estimate of drug-likeness (QED) is 0.215. The van der Waals surface area contributed by atoms with Crippen molar-refractivity contribution < 1.29 is 18.4 Å².